The predicted octanol–water partition coefficient (Wildman–Crippen LogP) is 2.94. The van der Waals surface area contributed by atoms with Crippen LogP contribution in [0.25, 0.3) is 0 Å². The molecule has 4 heteroatoms. The summed E-state index contributed by atoms with van der Waals surface area (Å²) < 4.78 is 0. The van der Waals surface area contributed by atoms with Crippen molar-refractivity contribution >= 4 is 24.0 Å². The molecule has 0 heterocycles. The Kier molecular flexibility index (Phi) is 6.36. The zero-order valence-electron chi connectivity index (χ0n) is 11.5. The minimum Gasteiger partial charge on any atom is -0.330 e. The molecule has 0 spiro atoms. The molecule has 0 radical (unpaired) electrons. The number of nitrogens with one attached hydrogen (secondary N) is 1. The molecule has 1 amide bonds. The number of halogens is 1. The quantitative estimate of drug-likeness (QED) is 0.887. The fourth-order valence-electron chi connectivity index (χ4n) is 1.61. The molecule has 1 atom stereocenters. The summed E-state index contributed by atoms with van der Waals surface area (Å²) in [6.45, 7) is 8.58. The second-order valence-corrected chi connectivity index (χ2v) is 5.42. The highest BCUT2D eigenvalue weighted by Crippen LogP contribution is 2.29. The van der Waals surface area contributed by atoms with Crippen LogP contribution in [0.2, 0.25) is 0 Å². The van der Waals surface area contributed by atoms with Crippen LogP contribution in [0.5, 0.6) is 0 Å². The summed E-state index contributed by atoms with van der Waals surface area (Å²) in [6.07, 6.45) is 0. The van der Waals surface area contributed by atoms with Crippen LogP contribution in [0.3, 0.4) is 0 Å². The number of carbonyl (C=O) groups is 1. The number of carbonyl (C=O) groups excluding carboxylic acids is 1. The summed E-state index contributed by atoms with van der Waals surface area (Å²) in [5.41, 5.74) is 7.52. The van der Waals surface area contributed by atoms with E-state index in [-0.39, 0.29) is 29.6 Å². The van der Waals surface area contributed by atoms with E-state index >= 15 is 0 Å². The number of hydrogen-bond acceptors (Lipinski definition) is 2. The molecular weight excluding hydrogens is 248 g/mol. The molecule has 1 aromatic rings. The van der Waals surface area contributed by atoms with Gasteiger partial charge in [-0.3, -0.25) is 4.79 Å². The van der Waals surface area contributed by atoms with Gasteiger partial charge < -0.3 is 11.1 Å². The molecule has 0 aliphatic heterocycles. The van der Waals surface area contributed by atoms with Gasteiger partial charge in [0.15, 0.2) is 0 Å². The van der Waals surface area contributed by atoms with E-state index in [4.69, 9.17) is 5.73 Å². The highest BCUT2D eigenvalue weighted by atomic mass is 35.5. The summed E-state index contributed by atoms with van der Waals surface area (Å²) in [7, 11) is 0. The van der Waals surface area contributed by atoms with Crippen molar-refractivity contribution in [3.8, 4) is 0 Å². The highest BCUT2D eigenvalue weighted by Gasteiger charge is 2.19. The Hall–Kier alpha value is -1.06. The molecule has 102 valence electrons. The molecule has 1 aromatic carbocycles. The van der Waals surface area contributed by atoms with Gasteiger partial charge in [-0.1, -0.05) is 45.9 Å². The first kappa shape index (κ1) is 16.9. The Morgan fingerprint density at radius 3 is 2.39 bits per heavy atom. The zero-order chi connectivity index (χ0) is 13.1. The van der Waals surface area contributed by atoms with Gasteiger partial charge in [0, 0.05) is 18.2 Å². The third-order valence-electron chi connectivity index (χ3n) is 2.79. The van der Waals surface area contributed by atoms with Gasteiger partial charge >= 0.3 is 0 Å². The fraction of sp³-hybridized carbons (Fsp3) is 0.500. The van der Waals surface area contributed by atoms with Crippen LogP contribution in [0.15, 0.2) is 24.3 Å². The van der Waals surface area contributed by atoms with Gasteiger partial charge in [0.1, 0.15) is 0 Å². The minimum atomic E-state index is -0.164. The van der Waals surface area contributed by atoms with Gasteiger partial charge in [0.25, 0.3) is 0 Å². The lowest BCUT2D eigenvalue weighted by atomic mass is 9.85. The Labute approximate surface area is 116 Å². The van der Waals surface area contributed by atoms with Crippen molar-refractivity contribution in [1.29, 1.82) is 0 Å². The fourth-order valence-corrected chi connectivity index (χ4v) is 1.61. The molecule has 0 fully saturated rings. The van der Waals surface area contributed by atoms with Crippen LogP contribution in [-0.4, -0.2) is 12.5 Å². The Morgan fingerprint density at radius 1 is 1.33 bits per heavy atom. The first-order valence-electron chi connectivity index (χ1n) is 5.96. The molecule has 0 aliphatic rings. The predicted molar refractivity (Wildman–Crippen MR) is 79.2 cm³/mol. The smallest absolute Gasteiger partial charge is 0.228 e. The molecule has 0 saturated heterocycles. The molecule has 0 saturated carbocycles. The maximum atomic E-state index is 11.8. The van der Waals surface area contributed by atoms with Crippen LogP contribution in [0.4, 0.5) is 5.69 Å². The number of rotatable bonds is 3. The van der Waals surface area contributed by atoms with E-state index in [1.807, 2.05) is 31.2 Å². The highest BCUT2D eigenvalue weighted by molar-refractivity contribution is 5.93. The summed E-state index contributed by atoms with van der Waals surface area (Å²) in [4.78, 5) is 11.8. The zero-order valence-corrected chi connectivity index (χ0v) is 12.3. The van der Waals surface area contributed by atoms with E-state index in [1.54, 1.807) is 0 Å². The SMILES string of the molecule is CC(CN)C(=O)Nc1ccccc1C(C)(C)C.Cl. The molecule has 0 aromatic heterocycles. The summed E-state index contributed by atoms with van der Waals surface area (Å²) >= 11 is 0. The standard InChI is InChI=1S/C14H22N2O.ClH/c1-10(9-15)13(17)16-12-8-6-5-7-11(12)14(2,3)4;/h5-8,10H,9,15H2,1-4H3,(H,16,17);1H. The van der Waals surface area contributed by atoms with Gasteiger partial charge in [0.2, 0.25) is 5.91 Å². The minimum absolute atomic E-state index is 0. The number of para-hydroxylation sites is 1. The largest absolute Gasteiger partial charge is 0.330 e. The van der Waals surface area contributed by atoms with Crippen molar-refractivity contribution in [3.63, 3.8) is 0 Å². The van der Waals surface area contributed by atoms with Gasteiger partial charge in [-0.05, 0) is 17.0 Å². The number of benzene rings is 1. The van der Waals surface area contributed by atoms with Gasteiger partial charge in [-0.25, -0.2) is 0 Å². The van der Waals surface area contributed by atoms with Crippen LogP contribution in [-0.2, 0) is 10.2 Å². The summed E-state index contributed by atoms with van der Waals surface area (Å²) in [5.74, 6) is -0.188. The number of nitrogens with two attached hydrogens (primary N) is 1. The Morgan fingerprint density at radius 2 is 1.89 bits per heavy atom. The van der Waals surface area contributed by atoms with Gasteiger partial charge in [-0.2, -0.15) is 0 Å². The van der Waals surface area contributed by atoms with E-state index in [9.17, 15) is 4.79 Å². The van der Waals surface area contributed by atoms with E-state index in [2.05, 4.69) is 26.1 Å². The lowest BCUT2D eigenvalue weighted by Crippen LogP contribution is -2.28. The maximum Gasteiger partial charge on any atom is 0.228 e. The molecule has 1 rings (SSSR count). The van der Waals surface area contributed by atoms with Crippen molar-refractivity contribution in [2.24, 2.45) is 11.7 Å². The van der Waals surface area contributed by atoms with Crippen LogP contribution < -0.4 is 11.1 Å². The number of anilines is 1. The van der Waals surface area contributed by atoms with E-state index in [0.29, 0.717) is 6.54 Å². The third-order valence-corrected chi connectivity index (χ3v) is 2.79. The molecule has 0 aliphatic carbocycles. The van der Waals surface area contributed by atoms with E-state index in [1.165, 1.54) is 0 Å². The second-order valence-electron chi connectivity index (χ2n) is 5.42. The Bertz CT molecular complexity index is 399. The van der Waals surface area contributed by atoms with Crippen LogP contribution in [0, 0.1) is 5.92 Å². The van der Waals surface area contributed by atoms with E-state index in [0.717, 1.165) is 11.3 Å². The third kappa shape index (κ3) is 4.31. The van der Waals surface area contributed by atoms with Crippen molar-refractivity contribution in [3.05, 3.63) is 29.8 Å². The van der Waals surface area contributed by atoms with Gasteiger partial charge in [0.05, 0.1) is 0 Å². The van der Waals surface area contributed by atoms with Crippen molar-refractivity contribution in [1.82, 2.24) is 0 Å². The topological polar surface area (TPSA) is 55.1 Å². The molecular formula is C14H23ClN2O. The van der Waals surface area contributed by atoms with E-state index < -0.39 is 0 Å². The number of hydrogen-bond donors (Lipinski definition) is 2. The molecule has 3 nitrogen and oxygen atoms in total. The van der Waals surface area contributed by atoms with Crippen molar-refractivity contribution in [2.75, 3.05) is 11.9 Å². The molecule has 0 bridgehead atoms. The number of amides is 1. The van der Waals surface area contributed by atoms with Crippen molar-refractivity contribution < 1.29 is 4.79 Å². The second kappa shape index (κ2) is 6.76. The van der Waals surface area contributed by atoms with Crippen LogP contribution in [0.1, 0.15) is 33.3 Å². The lowest BCUT2D eigenvalue weighted by Gasteiger charge is -2.23. The van der Waals surface area contributed by atoms with Crippen molar-refractivity contribution in [2.45, 2.75) is 33.1 Å². The average molecular weight is 271 g/mol. The monoisotopic (exact) mass is 270 g/mol. The van der Waals surface area contributed by atoms with Gasteiger partial charge in [-0.15, -0.1) is 12.4 Å². The lowest BCUT2D eigenvalue weighted by molar-refractivity contribution is -0.119. The van der Waals surface area contributed by atoms with Crippen LogP contribution >= 0.6 is 12.4 Å². The normalized spacial score (nSPS) is 12.5. The molecule has 18 heavy (non-hydrogen) atoms. The first-order valence-corrected chi connectivity index (χ1v) is 5.96. The maximum absolute atomic E-state index is 11.8. The Balaban J connectivity index is 0.00000289. The molecule has 3 N–H and O–H groups in total. The summed E-state index contributed by atoms with van der Waals surface area (Å²) in [6, 6.07) is 7.89. The first-order chi connectivity index (χ1) is 7.86. The summed E-state index contributed by atoms with van der Waals surface area (Å²) in [5, 5.41) is 2.95. The molecule has 1 unspecified atom stereocenters. The average Bonchev–Trinajstić information content (AvgIpc) is 2.27.